The van der Waals surface area contributed by atoms with Gasteiger partial charge >= 0.3 is 0 Å². The second kappa shape index (κ2) is 4.74. The fraction of sp³-hybridized carbons (Fsp3) is 0.462. The van der Waals surface area contributed by atoms with Gasteiger partial charge in [-0.1, -0.05) is 0 Å². The van der Waals surface area contributed by atoms with E-state index in [-0.39, 0.29) is 0 Å². The first-order chi connectivity index (χ1) is 8.09. The molecule has 1 aliphatic heterocycles. The molecule has 17 heavy (non-hydrogen) atoms. The Labute approximate surface area is 101 Å². The molecular formula is C13H16N2O2. The van der Waals surface area contributed by atoms with Crippen LogP contribution in [0.4, 0.5) is 0 Å². The van der Waals surface area contributed by atoms with Crippen LogP contribution < -0.4 is 4.74 Å². The Morgan fingerprint density at radius 3 is 2.59 bits per heavy atom. The number of hydrogen-bond donors (Lipinski definition) is 1. The Balaban J connectivity index is 1.70. The van der Waals surface area contributed by atoms with E-state index in [0.717, 1.165) is 12.3 Å². The lowest BCUT2D eigenvalue weighted by Crippen LogP contribution is -2.60. The van der Waals surface area contributed by atoms with Gasteiger partial charge in [0.15, 0.2) is 0 Å². The van der Waals surface area contributed by atoms with E-state index in [9.17, 15) is 5.11 Å². The van der Waals surface area contributed by atoms with Crippen LogP contribution in [-0.4, -0.2) is 41.8 Å². The number of aliphatic hydroxyl groups is 1. The summed E-state index contributed by atoms with van der Waals surface area (Å²) < 4.78 is 5.55. The average molecular weight is 232 g/mol. The molecule has 0 aromatic heterocycles. The lowest BCUT2D eigenvalue weighted by Gasteiger charge is -2.44. The molecule has 1 fully saturated rings. The van der Waals surface area contributed by atoms with Crippen molar-refractivity contribution in [2.24, 2.45) is 0 Å². The third kappa shape index (κ3) is 3.19. The van der Waals surface area contributed by atoms with Gasteiger partial charge in [0.1, 0.15) is 12.4 Å². The Bertz CT molecular complexity index is 412. The standard InChI is InChI=1S/C13H16N2O2/c1-13(16)9-15(10-13)6-7-17-12-4-2-11(8-14)3-5-12/h2-5,16H,6-7,9-10H2,1H3. The van der Waals surface area contributed by atoms with Crippen molar-refractivity contribution in [2.45, 2.75) is 12.5 Å². The summed E-state index contributed by atoms with van der Waals surface area (Å²) in [6.07, 6.45) is 0. The Morgan fingerprint density at radius 2 is 2.06 bits per heavy atom. The van der Waals surface area contributed by atoms with Gasteiger partial charge in [0.25, 0.3) is 0 Å². The molecule has 2 rings (SSSR count). The third-order valence-electron chi connectivity index (χ3n) is 2.79. The average Bonchev–Trinajstić information content (AvgIpc) is 2.27. The van der Waals surface area contributed by atoms with Crippen LogP contribution in [0.5, 0.6) is 5.75 Å². The first-order valence-electron chi connectivity index (χ1n) is 5.67. The smallest absolute Gasteiger partial charge is 0.119 e. The van der Waals surface area contributed by atoms with E-state index in [1.54, 1.807) is 24.3 Å². The summed E-state index contributed by atoms with van der Waals surface area (Å²) >= 11 is 0. The van der Waals surface area contributed by atoms with Crippen LogP contribution in [0.3, 0.4) is 0 Å². The number of β-amino-alcohol motifs (C(OH)–C–C–N with tert-alkyl or cyclic N) is 1. The highest BCUT2D eigenvalue weighted by Gasteiger charge is 2.35. The fourth-order valence-corrected chi connectivity index (χ4v) is 1.99. The van der Waals surface area contributed by atoms with E-state index in [1.807, 2.05) is 6.92 Å². The number of hydrogen-bond acceptors (Lipinski definition) is 4. The topological polar surface area (TPSA) is 56.5 Å². The normalized spacial score (nSPS) is 18.2. The maximum absolute atomic E-state index is 9.54. The first kappa shape index (κ1) is 11.9. The van der Waals surface area contributed by atoms with Gasteiger partial charge in [0.2, 0.25) is 0 Å². The zero-order valence-electron chi connectivity index (χ0n) is 9.89. The quantitative estimate of drug-likeness (QED) is 0.841. The van der Waals surface area contributed by atoms with E-state index in [1.165, 1.54) is 0 Å². The molecule has 0 aliphatic carbocycles. The van der Waals surface area contributed by atoms with Crippen molar-refractivity contribution < 1.29 is 9.84 Å². The summed E-state index contributed by atoms with van der Waals surface area (Å²) in [6.45, 7) is 4.68. The number of ether oxygens (including phenoxy) is 1. The van der Waals surface area contributed by atoms with Crippen molar-refractivity contribution in [3.05, 3.63) is 29.8 Å². The van der Waals surface area contributed by atoms with E-state index >= 15 is 0 Å². The minimum Gasteiger partial charge on any atom is -0.492 e. The van der Waals surface area contributed by atoms with E-state index in [0.29, 0.717) is 25.3 Å². The first-order valence-corrected chi connectivity index (χ1v) is 5.67. The third-order valence-corrected chi connectivity index (χ3v) is 2.79. The SMILES string of the molecule is CC1(O)CN(CCOc2ccc(C#N)cc2)C1. The molecule has 0 radical (unpaired) electrons. The molecule has 0 saturated carbocycles. The lowest BCUT2D eigenvalue weighted by molar-refractivity contribution is -0.0859. The molecule has 1 heterocycles. The Hall–Kier alpha value is -1.57. The van der Waals surface area contributed by atoms with Crippen LogP contribution in [0, 0.1) is 11.3 Å². The second-order valence-corrected chi connectivity index (χ2v) is 4.69. The maximum atomic E-state index is 9.54. The van der Waals surface area contributed by atoms with Crippen LogP contribution in [-0.2, 0) is 0 Å². The van der Waals surface area contributed by atoms with Crippen molar-refractivity contribution in [3.63, 3.8) is 0 Å². The molecular weight excluding hydrogens is 216 g/mol. The Morgan fingerprint density at radius 1 is 1.41 bits per heavy atom. The van der Waals surface area contributed by atoms with E-state index < -0.39 is 5.60 Å². The van der Waals surface area contributed by atoms with Gasteiger partial charge in [0, 0.05) is 19.6 Å². The number of benzene rings is 1. The molecule has 0 amide bonds. The van der Waals surface area contributed by atoms with Gasteiger partial charge in [0.05, 0.1) is 17.2 Å². The highest BCUT2D eigenvalue weighted by Crippen LogP contribution is 2.19. The monoisotopic (exact) mass is 232 g/mol. The highest BCUT2D eigenvalue weighted by molar-refractivity contribution is 5.34. The van der Waals surface area contributed by atoms with Crippen molar-refractivity contribution in [3.8, 4) is 11.8 Å². The minimum atomic E-state index is -0.519. The summed E-state index contributed by atoms with van der Waals surface area (Å²) in [5.41, 5.74) is 0.116. The van der Waals surface area contributed by atoms with Crippen molar-refractivity contribution in [1.82, 2.24) is 4.90 Å². The van der Waals surface area contributed by atoms with Gasteiger partial charge in [-0.15, -0.1) is 0 Å². The second-order valence-electron chi connectivity index (χ2n) is 4.69. The van der Waals surface area contributed by atoms with E-state index in [4.69, 9.17) is 10.00 Å². The molecule has 1 saturated heterocycles. The largest absolute Gasteiger partial charge is 0.492 e. The van der Waals surface area contributed by atoms with Crippen LogP contribution >= 0.6 is 0 Å². The minimum absolute atomic E-state index is 0.519. The van der Waals surface area contributed by atoms with Crippen molar-refractivity contribution >= 4 is 0 Å². The van der Waals surface area contributed by atoms with Crippen molar-refractivity contribution in [1.29, 1.82) is 5.26 Å². The highest BCUT2D eigenvalue weighted by atomic mass is 16.5. The lowest BCUT2D eigenvalue weighted by atomic mass is 9.97. The zero-order valence-corrected chi connectivity index (χ0v) is 9.89. The van der Waals surface area contributed by atoms with Crippen LogP contribution in [0.2, 0.25) is 0 Å². The van der Waals surface area contributed by atoms with Gasteiger partial charge in [-0.05, 0) is 31.2 Å². The molecule has 1 N–H and O–H groups in total. The molecule has 1 aliphatic rings. The summed E-state index contributed by atoms with van der Waals surface area (Å²) in [4.78, 5) is 2.14. The number of nitrogens with zero attached hydrogens (tertiary/aromatic N) is 2. The molecule has 0 bridgehead atoms. The molecule has 1 aromatic rings. The number of nitriles is 1. The molecule has 90 valence electrons. The number of rotatable bonds is 4. The van der Waals surface area contributed by atoms with Gasteiger partial charge in [-0.2, -0.15) is 5.26 Å². The molecule has 0 spiro atoms. The summed E-state index contributed by atoms with van der Waals surface area (Å²) in [5, 5.41) is 18.2. The van der Waals surface area contributed by atoms with Gasteiger partial charge in [-0.25, -0.2) is 0 Å². The zero-order chi connectivity index (χ0) is 12.3. The molecule has 0 unspecified atom stereocenters. The summed E-state index contributed by atoms with van der Waals surface area (Å²) in [7, 11) is 0. The predicted octanol–water partition coefficient (Wildman–Crippen LogP) is 1.00. The van der Waals surface area contributed by atoms with Crippen molar-refractivity contribution in [2.75, 3.05) is 26.2 Å². The fourth-order valence-electron chi connectivity index (χ4n) is 1.99. The molecule has 1 aromatic carbocycles. The van der Waals surface area contributed by atoms with Crippen LogP contribution in [0.1, 0.15) is 12.5 Å². The van der Waals surface area contributed by atoms with Gasteiger partial charge < -0.3 is 9.84 Å². The van der Waals surface area contributed by atoms with Crippen LogP contribution in [0.25, 0.3) is 0 Å². The molecule has 4 heteroatoms. The maximum Gasteiger partial charge on any atom is 0.119 e. The van der Waals surface area contributed by atoms with Gasteiger partial charge in [-0.3, -0.25) is 4.90 Å². The predicted molar refractivity (Wildman–Crippen MR) is 63.7 cm³/mol. The number of likely N-dealkylation sites (tertiary alicyclic amines) is 1. The summed E-state index contributed by atoms with van der Waals surface area (Å²) in [6, 6.07) is 9.14. The van der Waals surface area contributed by atoms with Crippen LogP contribution in [0.15, 0.2) is 24.3 Å². The Kier molecular flexibility index (Phi) is 3.32. The summed E-state index contributed by atoms with van der Waals surface area (Å²) in [5.74, 6) is 0.774. The van der Waals surface area contributed by atoms with E-state index in [2.05, 4.69) is 11.0 Å². The molecule has 0 atom stereocenters. The molecule has 4 nitrogen and oxygen atoms in total.